The van der Waals surface area contributed by atoms with Crippen molar-refractivity contribution < 1.29 is 9.53 Å². The highest BCUT2D eigenvalue weighted by molar-refractivity contribution is 5.81. The molecule has 0 aromatic rings. The Morgan fingerprint density at radius 2 is 1.80 bits per heavy atom. The quantitative estimate of drug-likeness (QED) is 0.776. The summed E-state index contributed by atoms with van der Waals surface area (Å²) in [7, 11) is 0. The van der Waals surface area contributed by atoms with E-state index in [9.17, 15) is 4.79 Å². The average Bonchev–Trinajstić information content (AvgIpc) is 2.63. The van der Waals surface area contributed by atoms with Gasteiger partial charge >= 0.3 is 0 Å². The van der Waals surface area contributed by atoms with Gasteiger partial charge in [0, 0.05) is 44.8 Å². The fourth-order valence-corrected chi connectivity index (χ4v) is 3.13. The maximum Gasteiger partial charge on any atom is 0.227 e. The van der Waals surface area contributed by atoms with Crippen LogP contribution in [-0.2, 0) is 9.53 Å². The molecular weight excluding hydrogens is 252 g/mol. The first kappa shape index (κ1) is 15.8. The van der Waals surface area contributed by atoms with Crippen molar-refractivity contribution in [1.29, 1.82) is 0 Å². The molecule has 1 amide bonds. The predicted octanol–water partition coefficient (Wildman–Crippen LogP) is 1.99. The van der Waals surface area contributed by atoms with Crippen molar-refractivity contribution in [2.75, 3.05) is 45.9 Å². The van der Waals surface area contributed by atoms with Gasteiger partial charge in [-0.05, 0) is 31.7 Å². The van der Waals surface area contributed by atoms with Crippen molar-refractivity contribution in [2.45, 2.75) is 40.0 Å². The van der Waals surface area contributed by atoms with E-state index in [-0.39, 0.29) is 5.41 Å². The van der Waals surface area contributed by atoms with Crippen LogP contribution in [0.4, 0.5) is 0 Å². The lowest BCUT2D eigenvalue weighted by molar-refractivity contribution is -0.139. The minimum absolute atomic E-state index is 0.254. The molecule has 0 aromatic carbocycles. The summed E-state index contributed by atoms with van der Waals surface area (Å²) >= 11 is 0. The summed E-state index contributed by atoms with van der Waals surface area (Å²) < 4.78 is 5.43. The number of hydrogen-bond acceptors (Lipinski definition) is 3. The van der Waals surface area contributed by atoms with E-state index in [0.29, 0.717) is 5.91 Å². The minimum atomic E-state index is -0.254. The smallest absolute Gasteiger partial charge is 0.227 e. The normalized spacial score (nSPS) is 23.6. The van der Waals surface area contributed by atoms with Crippen molar-refractivity contribution in [3.05, 3.63) is 0 Å². The number of carbonyl (C=O) groups excluding carboxylic acids is 1. The van der Waals surface area contributed by atoms with Crippen molar-refractivity contribution in [3.8, 4) is 0 Å². The number of nitrogens with zero attached hydrogens (tertiary/aromatic N) is 2. The van der Waals surface area contributed by atoms with Crippen molar-refractivity contribution >= 4 is 5.91 Å². The molecule has 20 heavy (non-hydrogen) atoms. The topological polar surface area (TPSA) is 32.8 Å². The Bertz CT molecular complexity index is 319. The molecule has 0 saturated carbocycles. The third-order valence-corrected chi connectivity index (χ3v) is 4.37. The first-order valence-electron chi connectivity index (χ1n) is 8.06. The predicted molar refractivity (Wildman–Crippen MR) is 80.6 cm³/mol. The van der Waals surface area contributed by atoms with Gasteiger partial charge in [-0.2, -0.15) is 0 Å². The molecule has 2 saturated heterocycles. The van der Waals surface area contributed by atoms with Crippen LogP contribution in [0, 0.1) is 11.3 Å². The Morgan fingerprint density at radius 1 is 1.10 bits per heavy atom. The SMILES string of the molecule is CC(C)(C)C(=O)N1CCCN(CC2CCOCC2)CC1. The molecule has 4 nitrogen and oxygen atoms in total. The maximum absolute atomic E-state index is 12.4. The molecule has 2 fully saturated rings. The Kier molecular flexibility index (Phi) is 5.44. The van der Waals surface area contributed by atoms with Crippen molar-refractivity contribution in [3.63, 3.8) is 0 Å². The highest BCUT2D eigenvalue weighted by atomic mass is 16.5. The number of amides is 1. The van der Waals surface area contributed by atoms with Crippen LogP contribution in [0.5, 0.6) is 0 Å². The van der Waals surface area contributed by atoms with E-state index in [4.69, 9.17) is 4.74 Å². The fraction of sp³-hybridized carbons (Fsp3) is 0.938. The zero-order valence-electron chi connectivity index (χ0n) is 13.4. The number of carbonyl (C=O) groups is 1. The fourth-order valence-electron chi connectivity index (χ4n) is 3.13. The molecule has 0 atom stereocenters. The summed E-state index contributed by atoms with van der Waals surface area (Å²) in [5, 5.41) is 0. The van der Waals surface area contributed by atoms with Crippen LogP contribution in [0.15, 0.2) is 0 Å². The van der Waals surface area contributed by atoms with Gasteiger partial charge in [0.1, 0.15) is 0 Å². The molecule has 0 aliphatic carbocycles. The summed E-state index contributed by atoms with van der Waals surface area (Å²) in [6.07, 6.45) is 3.49. The third kappa shape index (κ3) is 4.45. The molecule has 2 aliphatic heterocycles. The molecule has 2 rings (SSSR count). The van der Waals surface area contributed by atoms with Crippen LogP contribution in [0.2, 0.25) is 0 Å². The Balaban J connectivity index is 1.81. The first-order valence-corrected chi connectivity index (χ1v) is 8.06. The minimum Gasteiger partial charge on any atom is -0.381 e. The Labute approximate surface area is 123 Å². The lowest BCUT2D eigenvalue weighted by atomic mass is 9.94. The molecule has 0 N–H and O–H groups in total. The molecular formula is C16H30N2O2. The second-order valence-electron chi connectivity index (χ2n) is 7.25. The van der Waals surface area contributed by atoms with Gasteiger partial charge in [0.25, 0.3) is 0 Å². The molecule has 4 heteroatoms. The van der Waals surface area contributed by atoms with Gasteiger partial charge in [0.2, 0.25) is 5.91 Å². The van der Waals surface area contributed by atoms with Crippen LogP contribution in [0.1, 0.15) is 40.0 Å². The Hall–Kier alpha value is -0.610. The first-order chi connectivity index (χ1) is 9.47. The molecule has 116 valence electrons. The molecule has 2 aliphatic rings. The number of hydrogen-bond donors (Lipinski definition) is 0. The third-order valence-electron chi connectivity index (χ3n) is 4.37. The van der Waals surface area contributed by atoms with Crippen LogP contribution in [0.25, 0.3) is 0 Å². The molecule has 0 unspecified atom stereocenters. The molecule has 0 radical (unpaired) electrons. The lowest BCUT2D eigenvalue weighted by Crippen LogP contribution is -2.42. The molecule has 0 aromatic heterocycles. The van der Waals surface area contributed by atoms with E-state index in [1.165, 1.54) is 19.4 Å². The van der Waals surface area contributed by atoms with Gasteiger partial charge in [-0.3, -0.25) is 4.79 Å². The number of rotatable bonds is 2. The van der Waals surface area contributed by atoms with E-state index < -0.39 is 0 Å². The van der Waals surface area contributed by atoms with Gasteiger partial charge in [-0.25, -0.2) is 0 Å². The second kappa shape index (κ2) is 6.90. The summed E-state index contributed by atoms with van der Waals surface area (Å²) in [5.74, 6) is 1.08. The Morgan fingerprint density at radius 3 is 2.45 bits per heavy atom. The molecule has 0 bridgehead atoms. The lowest BCUT2D eigenvalue weighted by Gasteiger charge is -2.30. The number of ether oxygens (including phenoxy) is 1. The molecule has 2 heterocycles. The van der Waals surface area contributed by atoms with Crippen LogP contribution in [0.3, 0.4) is 0 Å². The summed E-state index contributed by atoms with van der Waals surface area (Å²) in [5.41, 5.74) is -0.254. The van der Waals surface area contributed by atoms with E-state index in [2.05, 4.69) is 9.80 Å². The maximum atomic E-state index is 12.4. The van der Waals surface area contributed by atoms with Crippen LogP contribution >= 0.6 is 0 Å². The van der Waals surface area contributed by atoms with Crippen molar-refractivity contribution in [1.82, 2.24) is 9.80 Å². The zero-order valence-corrected chi connectivity index (χ0v) is 13.4. The van der Waals surface area contributed by atoms with E-state index in [1.54, 1.807) is 0 Å². The largest absolute Gasteiger partial charge is 0.381 e. The summed E-state index contributed by atoms with van der Waals surface area (Å²) in [6, 6.07) is 0. The summed E-state index contributed by atoms with van der Waals surface area (Å²) in [4.78, 5) is 17.0. The van der Waals surface area contributed by atoms with E-state index in [1.807, 2.05) is 20.8 Å². The zero-order chi connectivity index (χ0) is 14.6. The van der Waals surface area contributed by atoms with Crippen LogP contribution in [-0.4, -0.2) is 61.6 Å². The second-order valence-corrected chi connectivity index (χ2v) is 7.25. The standard InChI is InChI=1S/C16H30N2O2/c1-16(2,3)15(19)18-8-4-7-17(9-10-18)13-14-5-11-20-12-6-14/h14H,4-13H2,1-3H3. The molecule has 0 spiro atoms. The van der Waals surface area contributed by atoms with Gasteiger partial charge in [-0.15, -0.1) is 0 Å². The van der Waals surface area contributed by atoms with Gasteiger partial charge in [0.15, 0.2) is 0 Å². The monoisotopic (exact) mass is 282 g/mol. The highest BCUT2D eigenvalue weighted by Gasteiger charge is 2.29. The average molecular weight is 282 g/mol. The van der Waals surface area contributed by atoms with E-state index >= 15 is 0 Å². The highest BCUT2D eigenvalue weighted by Crippen LogP contribution is 2.20. The van der Waals surface area contributed by atoms with Gasteiger partial charge in [-0.1, -0.05) is 20.8 Å². The summed E-state index contributed by atoms with van der Waals surface area (Å²) in [6.45, 7) is 13.0. The van der Waals surface area contributed by atoms with Gasteiger partial charge in [0.05, 0.1) is 0 Å². The van der Waals surface area contributed by atoms with E-state index in [0.717, 1.165) is 51.7 Å². The van der Waals surface area contributed by atoms with Crippen molar-refractivity contribution in [2.24, 2.45) is 11.3 Å². The van der Waals surface area contributed by atoms with Crippen LogP contribution < -0.4 is 0 Å². The van der Waals surface area contributed by atoms with Gasteiger partial charge < -0.3 is 14.5 Å².